The third-order valence-corrected chi connectivity index (χ3v) is 22.9. The Morgan fingerprint density at radius 3 is 1.38 bits per heavy atom. The van der Waals surface area contributed by atoms with Crippen LogP contribution in [0.15, 0.2) is 179 Å². The Kier molecular flexibility index (Phi) is 18.9. The molecule has 0 amide bonds. The number of aromatic nitrogens is 1. The Bertz CT molecular complexity index is 4410. The van der Waals surface area contributed by atoms with Crippen LogP contribution < -0.4 is 4.90 Å². The number of para-hydroxylation sites is 2. The first-order chi connectivity index (χ1) is 46.2. The first-order valence-electron chi connectivity index (χ1n) is 37.4. The molecule has 8 aromatic carbocycles. The van der Waals surface area contributed by atoms with Crippen LogP contribution in [0.4, 0.5) is 17.1 Å². The van der Waals surface area contributed by atoms with Crippen LogP contribution in [-0.4, -0.2) is 4.98 Å². The average molecular weight is 1240 g/mol. The maximum absolute atomic E-state index is 6.91. The summed E-state index contributed by atoms with van der Waals surface area (Å²) in [6.07, 6.45) is 39.6. The van der Waals surface area contributed by atoms with Gasteiger partial charge in [-0.05, 0) is 171 Å². The standard InChI is InChI=1S/C90H102N2O2/c1-7-11-15-19-23-34-52-89(53-35-24-20-16-12-8-2)74-48-49-82-85(69-40-30-32-42-80(69)93-82)84(74)73-62-77-72(61-78(73)89)67-46-44-66(59-76(67)90(77,54-36-25-21-17-13-9-3)55-37-26-22-18-14-10-4)92(64-50-56-91-57-51-64)65-45-47-68-75(58-65)88(5,6)79-60-71(63-38-28-27-29-39-63)87-86(83(68)79)70-41-31-33-43-81(70)94-87/h27-33,38-51,56-62H,7-26,34-37,52-55H2,1-6H3. The molecule has 3 aliphatic carbocycles. The molecular formula is C90H102N2O2. The van der Waals surface area contributed by atoms with Crippen molar-refractivity contribution in [1.29, 1.82) is 0 Å². The second-order valence-electron chi connectivity index (χ2n) is 29.3. The molecule has 0 fully saturated rings. The molecule has 4 nitrogen and oxygen atoms in total. The van der Waals surface area contributed by atoms with Crippen LogP contribution in [0.3, 0.4) is 0 Å². The molecule has 0 aliphatic heterocycles. The van der Waals surface area contributed by atoms with E-state index in [1.807, 2.05) is 12.4 Å². The van der Waals surface area contributed by atoms with Crippen molar-refractivity contribution in [2.45, 2.75) is 238 Å². The molecule has 3 aliphatic rings. The molecule has 0 bridgehead atoms. The molecule has 14 rings (SSSR count). The predicted octanol–water partition coefficient (Wildman–Crippen LogP) is 27.9. The van der Waals surface area contributed by atoms with Crippen molar-refractivity contribution in [3.05, 3.63) is 203 Å². The molecule has 3 heterocycles. The molecule has 0 saturated heterocycles. The van der Waals surface area contributed by atoms with Crippen LogP contribution in [0.1, 0.15) is 255 Å². The van der Waals surface area contributed by atoms with Gasteiger partial charge in [-0.15, -0.1) is 0 Å². The lowest BCUT2D eigenvalue weighted by atomic mass is 9.68. The van der Waals surface area contributed by atoms with Crippen molar-refractivity contribution in [3.63, 3.8) is 0 Å². The fraction of sp³-hybridized carbons (Fsp3) is 0.411. The van der Waals surface area contributed by atoms with E-state index < -0.39 is 0 Å². The number of unbranched alkanes of at least 4 members (excludes halogenated alkanes) is 20. The van der Waals surface area contributed by atoms with Crippen molar-refractivity contribution >= 4 is 60.9 Å². The molecule has 11 aromatic rings. The van der Waals surface area contributed by atoms with Crippen molar-refractivity contribution in [2.75, 3.05) is 4.90 Å². The van der Waals surface area contributed by atoms with Gasteiger partial charge in [-0.25, -0.2) is 0 Å². The summed E-state index contributed by atoms with van der Waals surface area (Å²) in [7, 11) is 0. The Balaban J connectivity index is 0.959. The summed E-state index contributed by atoms with van der Waals surface area (Å²) in [5.41, 5.74) is 26.6. The number of furan rings is 2. The highest BCUT2D eigenvalue weighted by molar-refractivity contribution is 6.19. The molecule has 0 saturated carbocycles. The molecule has 484 valence electrons. The third kappa shape index (κ3) is 11.5. The third-order valence-electron chi connectivity index (χ3n) is 22.9. The van der Waals surface area contributed by atoms with Gasteiger partial charge in [0, 0.05) is 72.8 Å². The molecule has 0 unspecified atom stereocenters. The van der Waals surface area contributed by atoms with Crippen LogP contribution in [0, 0.1) is 0 Å². The summed E-state index contributed by atoms with van der Waals surface area (Å²) < 4.78 is 13.8. The van der Waals surface area contributed by atoms with Crippen molar-refractivity contribution in [2.24, 2.45) is 0 Å². The Labute approximate surface area is 562 Å². The fourth-order valence-corrected chi connectivity index (χ4v) is 18.1. The van der Waals surface area contributed by atoms with Crippen molar-refractivity contribution in [1.82, 2.24) is 4.98 Å². The number of hydrogen-bond donors (Lipinski definition) is 0. The Morgan fingerprint density at radius 2 is 0.787 bits per heavy atom. The number of rotatable bonds is 32. The van der Waals surface area contributed by atoms with Crippen LogP contribution in [0.5, 0.6) is 0 Å². The van der Waals surface area contributed by atoms with Gasteiger partial charge in [-0.2, -0.15) is 0 Å². The van der Waals surface area contributed by atoms with E-state index in [0.717, 1.165) is 52.1 Å². The highest BCUT2D eigenvalue weighted by Crippen LogP contribution is 2.64. The van der Waals surface area contributed by atoms with E-state index in [9.17, 15) is 0 Å². The number of hydrogen-bond acceptors (Lipinski definition) is 4. The number of fused-ring (bicyclic) bond motifs is 17. The van der Waals surface area contributed by atoms with Gasteiger partial charge in [-0.3, -0.25) is 4.98 Å². The molecule has 4 heteroatoms. The molecule has 94 heavy (non-hydrogen) atoms. The molecule has 0 radical (unpaired) electrons. The van der Waals surface area contributed by atoms with E-state index in [-0.39, 0.29) is 16.2 Å². The van der Waals surface area contributed by atoms with Crippen molar-refractivity contribution < 1.29 is 8.83 Å². The van der Waals surface area contributed by atoms with Crippen molar-refractivity contribution in [3.8, 4) is 44.5 Å². The van der Waals surface area contributed by atoms with Gasteiger partial charge in [0.15, 0.2) is 0 Å². The Morgan fingerprint density at radius 1 is 0.330 bits per heavy atom. The minimum Gasteiger partial charge on any atom is -0.456 e. The smallest absolute Gasteiger partial charge is 0.143 e. The summed E-state index contributed by atoms with van der Waals surface area (Å²) in [5.74, 6) is 0. The van der Waals surface area contributed by atoms with Crippen LogP contribution in [0.2, 0.25) is 0 Å². The predicted molar refractivity (Wildman–Crippen MR) is 401 cm³/mol. The first kappa shape index (κ1) is 63.7. The minimum absolute atomic E-state index is 0.0928. The van der Waals surface area contributed by atoms with E-state index >= 15 is 0 Å². The lowest BCUT2D eigenvalue weighted by Crippen LogP contribution is -2.27. The molecular weight excluding hydrogens is 1140 g/mol. The van der Waals surface area contributed by atoms with E-state index in [4.69, 9.17) is 8.83 Å². The van der Waals surface area contributed by atoms with E-state index in [1.165, 1.54) is 250 Å². The van der Waals surface area contributed by atoms with E-state index in [2.05, 4.69) is 209 Å². The van der Waals surface area contributed by atoms with Gasteiger partial charge >= 0.3 is 0 Å². The summed E-state index contributed by atoms with van der Waals surface area (Å²) >= 11 is 0. The van der Waals surface area contributed by atoms with Crippen LogP contribution in [-0.2, 0) is 16.2 Å². The zero-order chi connectivity index (χ0) is 64.2. The van der Waals surface area contributed by atoms with Gasteiger partial charge in [0.2, 0.25) is 0 Å². The van der Waals surface area contributed by atoms with Gasteiger partial charge in [0.05, 0.1) is 0 Å². The summed E-state index contributed by atoms with van der Waals surface area (Å²) in [6, 6.07) is 61.0. The average Bonchev–Trinajstić information content (AvgIpc) is 1.53. The number of nitrogens with zero attached hydrogens (tertiary/aromatic N) is 2. The van der Waals surface area contributed by atoms with Gasteiger partial charge in [0.1, 0.15) is 22.3 Å². The number of anilines is 3. The molecule has 0 atom stereocenters. The second-order valence-corrected chi connectivity index (χ2v) is 29.3. The highest BCUT2D eigenvalue weighted by Gasteiger charge is 2.49. The second kappa shape index (κ2) is 27.9. The molecule has 3 aromatic heterocycles. The Hall–Kier alpha value is -7.69. The van der Waals surface area contributed by atoms with Crippen LogP contribution >= 0.6 is 0 Å². The fourth-order valence-electron chi connectivity index (χ4n) is 18.1. The number of benzene rings is 8. The van der Waals surface area contributed by atoms with Gasteiger partial charge in [0.25, 0.3) is 0 Å². The molecule has 0 N–H and O–H groups in total. The topological polar surface area (TPSA) is 42.4 Å². The number of pyridine rings is 1. The SMILES string of the molecule is CCCCCCCCC1(CCCCCCCC)c2cc(N(c3ccncc3)c3ccc4c(c3)C(C)(C)c3cc(-c5ccccc5)c5oc6ccccc6c5c3-4)ccc2-c2cc3c(cc21)-c1c(ccc2oc4ccccc4c12)C3(CCCCCCCC)CCCCCCCC. The summed E-state index contributed by atoms with van der Waals surface area (Å²) in [5, 5.41) is 4.96. The highest BCUT2D eigenvalue weighted by atomic mass is 16.3. The maximum Gasteiger partial charge on any atom is 0.143 e. The lowest BCUT2D eigenvalue weighted by molar-refractivity contribution is 0.394. The first-order valence-corrected chi connectivity index (χ1v) is 37.4. The largest absolute Gasteiger partial charge is 0.456 e. The van der Waals surface area contributed by atoms with E-state index in [1.54, 1.807) is 16.7 Å². The zero-order valence-electron chi connectivity index (χ0n) is 57.7. The van der Waals surface area contributed by atoms with E-state index in [0.29, 0.717) is 0 Å². The van der Waals surface area contributed by atoms with Gasteiger partial charge < -0.3 is 13.7 Å². The molecule has 0 spiro atoms. The van der Waals surface area contributed by atoms with Gasteiger partial charge in [-0.1, -0.05) is 281 Å². The zero-order valence-corrected chi connectivity index (χ0v) is 57.7. The summed E-state index contributed by atoms with van der Waals surface area (Å²) in [4.78, 5) is 7.21. The minimum atomic E-state index is -0.309. The quantitative estimate of drug-likeness (QED) is 0.0394. The maximum atomic E-state index is 6.91. The van der Waals surface area contributed by atoms with Crippen LogP contribution in [0.25, 0.3) is 88.4 Å². The normalized spacial score (nSPS) is 14.4. The lowest BCUT2D eigenvalue weighted by Gasteiger charge is -2.35. The monoisotopic (exact) mass is 1240 g/mol. The summed E-state index contributed by atoms with van der Waals surface area (Å²) in [6.45, 7) is 14.3.